The van der Waals surface area contributed by atoms with Crippen molar-refractivity contribution in [2.45, 2.75) is 45.3 Å². The van der Waals surface area contributed by atoms with Gasteiger partial charge in [-0.05, 0) is 49.6 Å². The Labute approximate surface area is 109 Å². The topological polar surface area (TPSA) is 38.7 Å². The predicted octanol–water partition coefficient (Wildman–Crippen LogP) is 2.70. The van der Waals surface area contributed by atoms with Crippen LogP contribution in [0.3, 0.4) is 0 Å². The highest BCUT2D eigenvalue weighted by Gasteiger charge is 2.36. The maximum absolute atomic E-state index is 10.9. The first-order valence-electron chi connectivity index (χ1n) is 6.46. The molecule has 0 bridgehead atoms. The molecule has 1 aromatic rings. The van der Waals surface area contributed by atoms with E-state index in [-0.39, 0.29) is 6.10 Å². The van der Waals surface area contributed by atoms with Crippen LogP contribution >= 0.6 is 0 Å². The van der Waals surface area contributed by atoms with Gasteiger partial charge in [-0.2, -0.15) is 0 Å². The van der Waals surface area contributed by atoms with E-state index in [4.69, 9.17) is 9.47 Å². The summed E-state index contributed by atoms with van der Waals surface area (Å²) >= 11 is 0. The Morgan fingerprint density at radius 1 is 1.33 bits per heavy atom. The van der Waals surface area contributed by atoms with E-state index in [0.29, 0.717) is 19.4 Å². The Bertz CT molecular complexity index is 442. The SMILES string of the molecule is COc1cc(C)c(C2(O)CCOC(C)C2)cc1C. The molecule has 2 atom stereocenters. The van der Waals surface area contributed by atoms with Crippen LogP contribution in [0.4, 0.5) is 0 Å². The van der Waals surface area contributed by atoms with E-state index in [2.05, 4.69) is 0 Å². The highest BCUT2D eigenvalue weighted by atomic mass is 16.5. The van der Waals surface area contributed by atoms with E-state index < -0.39 is 5.60 Å². The van der Waals surface area contributed by atoms with Gasteiger partial charge in [0.05, 0.1) is 25.4 Å². The fraction of sp³-hybridized carbons (Fsp3) is 0.600. The van der Waals surface area contributed by atoms with Crippen molar-refractivity contribution < 1.29 is 14.6 Å². The molecule has 1 aliphatic rings. The summed E-state index contributed by atoms with van der Waals surface area (Å²) in [5.41, 5.74) is 2.38. The van der Waals surface area contributed by atoms with Gasteiger partial charge in [-0.15, -0.1) is 0 Å². The molecule has 100 valence electrons. The minimum atomic E-state index is -0.765. The number of hydrogen-bond acceptors (Lipinski definition) is 3. The summed E-state index contributed by atoms with van der Waals surface area (Å²) < 4.78 is 10.8. The summed E-state index contributed by atoms with van der Waals surface area (Å²) in [4.78, 5) is 0. The maximum Gasteiger partial charge on any atom is 0.122 e. The van der Waals surface area contributed by atoms with Crippen LogP contribution < -0.4 is 4.74 Å². The largest absolute Gasteiger partial charge is 0.496 e. The third-order valence-corrected chi connectivity index (χ3v) is 3.79. The highest BCUT2D eigenvalue weighted by Crippen LogP contribution is 2.38. The lowest BCUT2D eigenvalue weighted by Crippen LogP contribution is -2.38. The van der Waals surface area contributed by atoms with Crippen LogP contribution in [0.15, 0.2) is 12.1 Å². The second-order valence-electron chi connectivity index (χ2n) is 5.30. The molecule has 2 unspecified atom stereocenters. The fourth-order valence-electron chi connectivity index (χ4n) is 2.82. The zero-order chi connectivity index (χ0) is 13.3. The normalized spacial score (nSPS) is 28.2. The molecule has 0 aromatic heterocycles. The monoisotopic (exact) mass is 250 g/mol. The molecule has 1 saturated heterocycles. The van der Waals surface area contributed by atoms with E-state index >= 15 is 0 Å². The molecule has 0 aliphatic carbocycles. The van der Waals surface area contributed by atoms with Crippen molar-refractivity contribution in [1.82, 2.24) is 0 Å². The van der Waals surface area contributed by atoms with Crippen molar-refractivity contribution in [3.8, 4) is 5.75 Å². The zero-order valence-corrected chi connectivity index (χ0v) is 11.6. The Morgan fingerprint density at radius 2 is 2.06 bits per heavy atom. The van der Waals surface area contributed by atoms with Crippen LogP contribution in [0.5, 0.6) is 5.75 Å². The van der Waals surface area contributed by atoms with E-state index in [0.717, 1.165) is 22.4 Å². The minimum Gasteiger partial charge on any atom is -0.496 e. The molecule has 1 aliphatic heterocycles. The molecule has 0 spiro atoms. The smallest absolute Gasteiger partial charge is 0.122 e. The van der Waals surface area contributed by atoms with Crippen molar-refractivity contribution in [2.24, 2.45) is 0 Å². The van der Waals surface area contributed by atoms with Crippen LogP contribution in [0.25, 0.3) is 0 Å². The first kappa shape index (κ1) is 13.4. The number of methoxy groups -OCH3 is 1. The van der Waals surface area contributed by atoms with Gasteiger partial charge in [0.1, 0.15) is 5.75 Å². The van der Waals surface area contributed by atoms with Crippen LogP contribution in [-0.4, -0.2) is 24.9 Å². The molecule has 2 rings (SSSR count). The van der Waals surface area contributed by atoms with Crippen LogP contribution in [0, 0.1) is 13.8 Å². The quantitative estimate of drug-likeness (QED) is 0.877. The van der Waals surface area contributed by atoms with Gasteiger partial charge in [-0.3, -0.25) is 0 Å². The standard InChI is InChI=1S/C15H22O3/c1-10-8-14(17-4)11(2)7-13(10)15(16)5-6-18-12(3)9-15/h7-8,12,16H,5-6,9H2,1-4H3. The molecule has 3 nitrogen and oxygen atoms in total. The Morgan fingerprint density at radius 3 is 2.67 bits per heavy atom. The minimum absolute atomic E-state index is 0.102. The van der Waals surface area contributed by atoms with Crippen molar-refractivity contribution in [3.05, 3.63) is 28.8 Å². The Hall–Kier alpha value is -1.06. The maximum atomic E-state index is 10.9. The molecule has 0 amide bonds. The van der Waals surface area contributed by atoms with Crippen molar-refractivity contribution in [1.29, 1.82) is 0 Å². The van der Waals surface area contributed by atoms with Crippen molar-refractivity contribution in [3.63, 3.8) is 0 Å². The van der Waals surface area contributed by atoms with Gasteiger partial charge in [-0.25, -0.2) is 0 Å². The summed E-state index contributed by atoms with van der Waals surface area (Å²) in [6, 6.07) is 4.05. The molecule has 3 heteroatoms. The second-order valence-corrected chi connectivity index (χ2v) is 5.30. The summed E-state index contributed by atoms with van der Waals surface area (Å²) in [5, 5.41) is 10.9. The van der Waals surface area contributed by atoms with Gasteiger partial charge >= 0.3 is 0 Å². The average molecular weight is 250 g/mol. The average Bonchev–Trinajstić information content (AvgIpc) is 2.31. The van der Waals surface area contributed by atoms with E-state index in [1.54, 1.807) is 7.11 Å². The number of rotatable bonds is 2. The predicted molar refractivity (Wildman–Crippen MR) is 71.0 cm³/mol. The van der Waals surface area contributed by atoms with E-state index in [9.17, 15) is 5.11 Å². The number of aliphatic hydroxyl groups is 1. The molecule has 18 heavy (non-hydrogen) atoms. The van der Waals surface area contributed by atoms with Gasteiger partial charge in [-0.1, -0.05) is 0 Å². The van der Waals surface area contributed by atoms with E-state index in [1.807, 2.05) is 32.9 Å². The first-order valence-corrected chi connectivity index (χ1v) is 6.46. The lowest BCUT2D eigenvalue weighted by molar-refractivity contribution is -0.102. The number of ether oxygens (including phenoxy) is 2. The van der Waals surface area contributed by atoms with Crippen LogP contribution in [0.1, 0.15) is 36.5 Å². The van der Waals surface area contributed by atoms with Gasteiger partial charge in [0, 0.05) is 12.8 Å². The molecule has 0 saturated carbocycles. The fourth-order valence-corrected chi connectivity index (χ4v) is 2.82. The lowest BCUT2D eigenvalue weighted by atomic mass is 9.81. The first-order chi connectivity index (χ1) is 8.46. The van der Waals surface area contributed by atoms with Gasteiger partial charge in [0.2, 0.25) is 0 Å². The molecular weight excluding hydrogens is 228 g/mol. The van der Waals surface area contributed by atoms with Gasteiger partial charge in [0.25, 0.3) is 0 Å². The lowest BCUT2D eigenvalue weighted by Gasteiger charge is -2.37. The third kappa shape index (κ3) is 2.38. The summed E-state index contributed by atoms with van der Waals surface area (Å²) in [6.07, 6.45) is 1.41. The number of aryl methyl sites for hydroxylation is 2. The molecule has 1 heterocycles. The van der Waals surface area contributed by atoms with Crippen LogP contribution in [-0.2, 0) is 10.3 Å². The third-order valence-electron chi connectivity index (χ3n) is 3.79. The number of benzene rings is 1. The molecular formula is C15H22O3. The Kier molecular flexibility index (Phi) is 3.64. The van der Waals surface area contributed by atoms with Crippen molar-refractivity contribution >= 4 is 0 Å². The molecule has 1 N–H and O–H groups in total. The summed E-state index contributed by atoms with van der Waals surface area (Å²) in [5.74, 6) is 0.875. The van der Waals surface area contributed by atoms with Gasteiger partial charge in [0.15, 0.2) is 0 Å². The summed E-state index contributed by atoms with van der Waals surface area (Å²) in [6.45, 7) is 6.65. The van der Waals surface area contributed by atoms with Gasteiger partial charge < -0.3 is 14.6 Å². The molecule has 1 fully saturated rings. The number of hydrogen-bond donors (Lipinski definition) is 1. The summed E-state index contributed by atoms with van der Waals surface area (Å²) in [7, 11) is 1.67. The Balaban J connectivity index is 2.41. The second kappa shape index (κ2) is 4.90. The molecule has 1 aromatic carbocycles. The molecule has 0 radical (unpaired) electrons. The van der Waals surface area contributed by atoms with E-state index in [1.165, 1.54) is 0 Å². The van der Waals surface area contributed by atoms with Crippen molar-refractivity contribution in [2.75, 3.05) is 13.7 Å². The zero-order valence-electron chi connectivity index (χ0n) is 11.6. The highest BCUT2D eigenvalue weighted by molar-refractivity contribution is 5.44. The van der Waals surface area contributed by atoms with Crippen LogP contribution in [0.2, 0.25) is 0 Å².